The molecule has 1 aliphatic heterocycles. The summed E-state index contributed by atoms with van der Waals surface area (Å²) in [5, 5.41) is 7.82. The van der Waals surface area contributed by atoms with Crippen molar-refractivity contribution in [2.24, 2.45) is 18.0 Å². The van der Waals surface area contributed by atoms with Crippen molar-refractivity contribution >= 4 is 5.96 Å². The van der Waals surface area contributed by atoms with Crippen LogP contribution in [-0.4, -0.2) is 65.8 Å². The molecule has 1 fully saturated rings. The lowest BCUT2D eigenvalue weighted by Gasteiger charge is -2.25. The molecule has 28 heavy (non-hydrogen) atoms. The minimum atomic E-state index is 0.227. The summed E-state index contributed by atoms with van der Waals surface area (Å²) in [4.78, 5) is 9.64. The van der Waals surface area contributed by atoms with Gasteiger partial charge in [-0.3, -0.25) is 9.67 Å². The third kappa shape index (κ3) is 5.35. The van der Waals surface area contributed by atoms with Gasteiger partial charge in [-0.25, -0.2) is 0 Å². The number of rotatable bonds is 7. The molecule has 0 amide bonds. The van der Waals surface area contributed by atoms with E-state index < -0.39 is 0 Å². The Hall–Kier alpha value is -2.34. The Morgan fingerprint density at radius 2 is 2.11 bits per heavy atom. The van der Waals surface area contributed by atoms with Crippen LogP contribution in [0.4, 0.5) is 0 Å². The maximum atomic E-state index is 5.00. The van der Waals surface area contributed by atoms with Gasteiger partial charge in [0.25, 0.3) is 0 Å². The van der Waals surface area contributed by atoms with Crippen LogP contribution in [0.1, 0.15) is 30.5 Å². The molecule has 1 saturated heterocycles. The number of likely N-dealkylation sites (tertiary alicyclic amines) is 1. The molecule has 1 N–H and O–H groups in total. The molecular weight excluding hydrogens is 348 g/mol. The van der Waals surface area contributed by atoms with Crippen molar-refractivity contribution in [2.45, 2.75) is 25.8 Å². The zero-order valence-corrected chi connectivity index (χ0v) is 17.7. The van der Waals surface area contributed by atoms with Gasteiger partial charge in [-0.15, -0.1) is 0 Å². The Bertz CT molecular complexity index is 751. The highest BCUT2D eigenvalue weighted by molar-refractivity contribution is 5.80. The molecule has 2 atom stereocenters. The van der Waals surface area contributed by atoms with Gasteiger partial charge in [0.15, 0.2) is 5.96 Å². The Morgan fingerprint density at radius 1 is 1.32 bits per heavy atom. The van der Waals surface area contributed by atoms with E-state index in [9.17, 15) is 0 Å². The minimum Gasteiger partial charge on any atom is -0.357 e. The number of nitrogens with zero attached hydrogens (tertiary/aromatic N) is 5. The zero-order chi connectivity index (χ0) is 19.9. The summed E-state index contributed by atoms with van der Waals surface area (Å²) in [6.07, 6.45) is 6.39. The average Bonchev–Trinajstić information content (AvgIpc) is 3.31. The first-order chi connectivity index (χ1) is 13.6. The summed E-state index contributed by atoms with van der Waals surface area (Å²) in [5.74, 6) is 1.73. The van der Waals surface area contributed by atoms with E-state index in [0.29, 0.717) is 5.92 Å². The molecular formula is C22H34N6. The number of nitrogens with one attached hydrogen (secondary N) is 1. The van der Waals surface area contributed by atoms with Crippen molar-refractivity contribution in [3.63, 3.8) is 0 Å². The van der Waals surface area contributed by atoms with Gasteiger partial charge in [-0.05, 0) is 45.3 Å². The highest BCUT2D eigenvalue weighted by atomic mass is 15.3. The van der Waals surface area contributed by atoms with Crippen molar-refractivity contribution in [3.8, 4) is 0 Å². The number of aliphatic imine (C=N–C) groups is 1. The van der Waals surface area contributed by atoms with Gasteiger partial charge in [-0.2, -0.15) is 5.10 Å². The third-order valence-corrected chi connectivity index (χ3v) is 5.43. The van der Waals surface area contributed by atoms with Gasteiger partial charge in [0.1, 0.15) is 0 Å². The SMILES string of the molecule is CCNC(=NCC(c1cnn(C)c1)N(C)C)N1CCC(Cc2ccccc2)C1. The van der Waals surface area contributed by atoms with Crippen LogP contribution in [0, 0.1) is 5.92 Å². The van der Waals surface area contributed by atoms with Crippen molar-refractivity contribution < 1.29 is 0 Å². The van der Waals surface area contributed by atoms with Crippen LogP contribution < -0.4 is 5.32 Å². The monoisotopic (exact) mass is 382 g/mol. The minimum absolute atomic E-state index is 0.227. The Balaban J connectivity index is 1.65. The van der Waals surface area contributed by atoms with Crippen LogP contribution in [0.2, 0.25) is 0 Å². The largest absolute Gasteiger partial charge is 0.357 e. The topological polar surface area (TPSA) is 48.7 Å². The summed E-state index contributed by atoms with van der Waals surface area (Å²) >= 11 is 0. The first-order valence-electron chi connectivity index (χ1n) is 10.3. The van der Waals surface area contributed by atoms with Crippen LogP contribution in [0.25, 0.3) is 0 Å². The first kappa shape index (κ1) is 20.4. The average molecular weight is 383 g/mol. The number of aromatic nitrogens is 2. The van der Waals surface area contributed by atoms with E-state index in [4.69, 9.17) is 4.99 Å². The molecule has 0 radical (unpaired) electrons. The molecule has 3 rings (SSSR count). The van der Waals surface area contributed by atoms with Gasteiger partial charge in [-0.1, -0.05) is 30.3 Å². The van der Waals surface area contributed by atoms with E-state index in [1.165, 1.54) is 17.5 Å². The second-order valence-electron chi connectivity index (χ2n) is 7.91. The van der Waals surface area contributed by atoms with Crippen molar-refractivity contribution in [3.05, 3.63) is 53.9 Å². The smallest absolute Gasteiger partial charge is 0.193 e. The molecule has 0 spiro atoms. The fraction of sp³-hybridized carbons (Fsp3) is 0.545. The first-order valence-corrected chi connectivity index (χ1v) is 10.3. The van der Waals surface area contributed by atoms with Crippen LogP contribution in [0.5, 0.6) is 0 Å². The highest BCUT2D eigenvalue weighted by Gasteiger charge is 2.25. The Morgan fingerprint density at radius 3 is 2.75 bits per heavy atom. The highest BCUT2D eigenvalue weighted by Crippen LogP contribution is 2.22. The van der Waals surface area contributed by atoms with Gasteiger partial charge in [0.05, 0.1) is 18.8 Å². The molecule has 6 heteroatoms. The molecule has 152 valence electrons. The Labute approximate surface area is 169 Å². The van der Waals surface area contributed by atoms with E-state index >= 15 is 0 Å². The van der Waals surface area contributed by atoms with Gasteiger partial charge in [0, 0.05) is 38.4 Å². The van der Waals surface area contributed by atoms with Crippen LogP contribution in [0.15, 0.2) is 47.7 Å². The molecule has 1 aromatic heterocycles. The normalized spacial score (nSPS) is 18.7. The molecule has 0 saturated carbocycles. The predicted octanol–water partition coefficient (Wildman–Crippen LogP) is 2.55. The fourth-order valence-electron chi connectivity index (χ4n) is 3.92. The molecule has 1 aromatic carbocycles. The van der Waals surface area contributed by atoms with Crippen LogP contribution >= 0.6 is 0 Å². The maximum Gasteiger partial charge on any atom is 0.193 e. The van der Waals surface area contributed by atoms with E-state index in [1.807, 2.05) is 17.9 Å². The predicted molar refractivity (Wildman–Crippen MR) is 115 cm³/mol. The molecule has 0 bridgehead atoms. The fourth-order valence-corrected chi connectivity index (χ4v) is 3.92. The zero-order valence-electron chi connectivity index (χ0n) is 17.7. The van der Waals surface area contributed by atoms with Gasteiger partial charge >= 0.3 is 0 Å². The van der Waals surface area contributed by atoms with Crippen molar-refractivity contribution in [2.75, 3.05) is 40.3 Å². The number of guanidine groups is 1. The molecule has 6 nitrogen and oxygen atoms in total. The maximum absolute atomic E-state index is 5.00. The molecule has 0 aliphatic carbocycles. The van der Waals surface area contributed by atoms with Gasteiger partial charge < -0.3 is 15.1 Å². The molecule has 1 aliphatic rings. The van der Waals surface area contributed by atoms with E-state index in [2.05, 4.69) is 77.8 Å². The molecule has 2 aromatic rings. The summed E-state index contributed by atoms with van der Waals surface area (Å²) in [5.41, 5.74) is 2.64. The summed E-state index contributed by atoms with van der Waals surface area (Å²) in [7, 11) is 6.17. The lowest BCUT2D eigenvalue weighted by Crippen LogP contribution is -2.40. The van der Waals surface area contributed by atoms with E-state index in [1.54, 1.807) is 0 Å². The van der Waals surface area contributed by atoms with E-state index in [0.717, 1.165) is 38.6 Å². The van der Waals surface area contributed by atoms with Gasteiger partial charge in [0.2, 0.25) is 0 Å². The quantitative estimate of drug-likeness (QED) is 0.591. The lowest BCUT2D eigenvalue weighted by molar-refractivity contribution is 0.305. The molecule has 2 unspecified atom stereocenters. The second-order valence-corrected chi connectivity index (χ2v) is 7.91. The Kier molecular flexibility index (Phi) is 7.09. The lowest BCUT2D eigenvalue weighted by atomic mass is 9.99. The summed E-state index contributed by atoms with van der Waals surface area (Å²) in [6.45, 7) is 5.89. The summed E-state index contributed by atoms with van der Waals surface area (Å²) < 4.78 is 1.86. The number of aryl methyl sites for hydroxylation is 1. The molecule has 2 heterocycles. The number of hydrogen-bond donors (Lipinski definition) is 1. The number of likely N-dealkylation sites (N-methyl/N-ethyl adjacent to an activating group) is 1. The second kappa shape index (κ2) is 9.73. The summed E-state index contributed by atoms with van der Waals surface area (Å²) in [6, 6.07) is 11.0. The van der Waals surface area contributed by atoms with E-state index in [-0.39, 0.29) is 6.04 Å². The van der Waals surface area contributed by atoms with Crippen LogP contribution in [-0.2, 0) is 13.5 Å². The van der Waals surface area contributed by atoms with Crippen molar-refractivity contribution in [1.29, 1.82) is 0 Å². The van der Waals surface area contributed by atoms with Crippen LogP contribution in [0.3, 0.4) is 0 Å². The standard InChI is InChI=1S/C22H34N6/c1-5-23-22(24-15-21(26(2)3)20-14-25-27(4)17-20)28-12-11-19(16-28)13-18-9-7-6-8-10-18/h6-10,14,17,19,21H,5,11-13,15-16H2,1-4H3,(H,23,24). The third-order valence-electron chi connectivity index (χ3n) is 5.43. The number of hydrogen-bond acceptors (Lipinski definition) is 3. The number of benzene rings is 1. The van der Waals surface area contributed by atoms with Crippen molar-refractivity contribution in [1.82, 2.24) is 24.9 Å².